The number of hydrogen-bond donors (Lipinski definition) is 1. The van der Waals surface area contributed by atoms with Crippen molar-refractivity contribution in [1.82, 2.24) is 30.1 Å². The van der Waals surface area contributed by atoms with E-state index in [9.17, 15) is 4.79 Å². The molecule has 3 aromatic heterocycles. The maximum atomic E-state index is 12.4. The van der Waals surface area contributed by atoms with E-state index in [-0.39, 0.29) is 11.9 Å². The van der Waals surface area contributed by atoms with Crippen molar-refractivity contribution in [2.75, 3.05) is 18.0 Å². The quantitative estimate of drug-likeness (QED) is 0.694. The van der Waals surface area contributed by atoms with Crippen LogP contribution in [-0.4, -0.2) is 49.8 Å². The molecule has 0 radical (unpaired) electrons. The van der Waals surface area contributed by atoms with Gasteiger partial charge in [0.25, 0.3) is 5.91 Å². The molecule has 8 nitrogen and oxygen atoms in total. The van der Waals surface area contributed by atoms with Gasteiger partial charge < -0.3 is 10.2 Å². The second kappa shape index (κ2) is 6.45. The summed E-state index contributed by atoms with van der Waals surface area (Å²) in [6.07, 6.45) is 4.67. The summed E-state index contributed by atoms with van der Waals surface area (Å²) in [7, 11) is 0. The minimum absolute atomic E-state index is 0.0643. The van der Waals surface area contributed by atoms with E-state index in [1.807, 2.05) is 16.6 Å². The van der Waals surface area contributed by atoms with Crippen molar-refractivity contribution in [3.63, 3.8) is 0 Å². The highest BCUT2D eigenvalue weighted by atomic mass is 35.5. The number of rotatable bonds is 4. The number of anilines is 1. The van der Waals surface area contributed by atoms with Crippen LogP contribution in [0.15, 0.2) is 30.5 Å². The third kappa shape index (κ3) is 3.21. The van der Waals surface area contributed by atoms with Gasteiger partial charge in [-0.05, 0) is 43.5 Å². The largest absolute Gasteiger partial charge is 0.353 e. The first kappa shape index (κ1) is 16.4. The Bertz CT molecular complexity index is 999. The van der Waals surface area contributed by atoms with Gasteiger partial charge >= 0.3 is 0 Å². The number of amides is 1. The number of nitrogens with one attached hydrogen (secondary N) is 1. The third-order valence-electron chi connectivity index (χ3n) is 5.05. The Morgan fingerprint density at radius 2 is 2.04 bits per heavy atom. The molecule has 0 aromatic carbocycles. The van der Waals surface area contributed by atoms with E-state index < -0.39 is 0 Å². The van der Waals surface area contributed by atoms with Gasteiger partial charge in [-0.25, -0.2) is 4.98 Å². The van der Waals surface area contributed by atoms with Crippen molar-refractivity contribution in [2.24, 2.45) is 0 Å². The molecule has 1 N–H and O–H groups in total. The molecule has 1 saturated heterocycles. The van der Waals surface area contributed by atoms with Gasteiger partial charge in [-0.3, -0.25) is 4.79 Å². The number of carbonyl (C=O) groups is 1. The third-order valence-corrected chi connectivity index (χ3v) is 5.28. The van der Waals surface area contributed by atoms with E-state index in [4.69, 9.17) is 16.7 Å². The first-order valence-electron chi connectivity index (χ1n) is 9.07. The number of carbonyl (C=O) groups excluding carboxylic acids is 1. The average Bonchev–Trinajstić information content (AvgIpc) is 3.26. The van der Waals surface area contributed by atoms with Crippen molar-refractivity contribution in [3.05, 3.63) is 47.0 Å². The molecular weight excluding hydrogens is 366 g/mol. The molecule has 138 valence electrons. The van der Waals surface area contributed by atoms with Crippen molar-refractivity contribution >= 4 is 29.0 Å². The molecule has 1 unspecified atom stereocenters. The van der Waals surface area contributed by atoms with Gasteiger partial charge in [0, 0.05) is 31.2 Å². The summed E-state index contributed by atoms with van der Waals surface area (Å²) in [4.78, 5) is 18.5. The molecule has 0 spiro atoms. The zero-order valence-corrected chi connectivity index (χ0v) is 15.3. The SMILES string of the molecule is O=C(NC1CCN(c2ccc3nnc(C4CC4)n3n2)C1)c1ccc(Cl)nc1. The smallest absolute Gasteiger partial charge is 0.253 e. The fraction of sp³-hybridized carbons (Fsp3) is 0.389. The molecule has 5 rings (SSSR count). The van der Waals surface area contributed by atoms with E-state index in [0.29, 0.717) is 23.2 Å². The molecule has 9 heteroatoms. The molecule has 3 aromatic rings. The van der Waals surface area contributed by atoms with Crippen LogP contribution in [0.25, 0.3) is 5.65 Å². The van der Waals surface area contributed by atoms with Gasteiger partial charge in [0.05, 0.1) is 5.56 Å². The number of fused-ring (bicyclic) bond motifs is 1. The fourth-order valence-electron chi connectivity index (χ4n) is 3.43. The van der Waals surface area contributed by atoms with Crippen LogP contribution < -0.4 is 10.2 Å². The standard InChI is InChI=1S/C18H18ClN7O/c19-14-4-3-12(9-20-14)18(27)21-13-7-8-25(10-13)16-6-5-15-22-23-17(11-1-2-11)26(15)24-16/h3-6,9,11,13H,1-2,7-8,10H2,(H,21,27). The van der Waals surface area contributed by atoms with E-state index in [1.165, 1.54) is 6.20 Å². The summed E-state index contributed by atoms with van der Waals surface area (Å²) in [6, 6.07) is 7.28. The van der Waals surface area contributed by atoms with Crippen molar-refractivity contribution in [1.29, 1.82) is 0 Å². The maximum Gasteiger partial charge on any atom is 0.253 e. The highest BCUT2D eigenvalue weighted by Crippen LogP contribution is 2.38. The summed E-state index contributed by atoms with van der Waals surface area (Å²) in [5, 5.41) is 16.7. The van der Waals surface area contributed by atoms with Crippen LogP contribution in [0.2, 0.25) is 5.15 Å². The number of pyridine rings is 1. The first-order chi connectivity index (χ1) is 13.2. The van der Waals surface area contributed by atoms with Gasteiger partial charge in [-0.15, -0.1) is 15.3 Å². The predicted octanol–water partition coefficient (Wildman–Crippen LogP) is 2.06. The van der Waals surface area contributed by atoms with E-state index in [0.717, 1.165) is 43.1 Å². The highest BCUT2D eigenvalue weighted by molar-refractivity contribution is 6.29. The molecule has 27 heavy (non-hydrogen) atoms. The second-order valence-corrected chi connectivity index (χ2v) is 7.46. The number of halogens is 1. The fourth-order valence-corrected chi connectivity index (χ4v) is 3.54. The molecule has 1 amide bonds. The van der Waals surface area contributed by atoms with Crippen LogP contribution in [0.1, 0.15) is 41.4 Å². The summed E-state index contributed by atoms with van der Waals surface area (Å²) >= 11 is 5.77. The monoisotopic (exact) mass is 383 g/mol. The topological polar surface area (TPSA) is 88.3 Å². The Morgan fingerprint density at radius 3 is 2.81 bits per heavy atom. The van der Waals surface area contributed by atoms with Crippen LogP contribution in [0, 0.1) is 0 Å². The molecular formula is C18H18ClN7O. The Morgan fingerprint density at radius 1 is 1.15 bits per heavy atom. The summed E-state index contributed by atoms with van der Waals surface area (Å²) in [6.45, 7) is 1.55. The zero-order valence-electron chi connectivity index (χ0n) is 14.5. The van der Waals surface area contributed by atoms with Crippen molar-refractivity contribution in [2.45, 2.75) is 31.2 Å². The summed E-state index contributed by atoms with van der Waals surface area (Å²) in [5.74, 6) is 2.19. The van der Waals surface area contributed by atoms with Gasteiger partial charge in [0.2, 0.25) is 0 Å². The lowest BCUT2D eigenvalue weighted by molar-refractivity contribution is 0.0940. The molecule has 2 aliphatic rings. The van der Waals surface area contributed by atoms with Gasteiger partial charge in [0.1, 0.15) is 11.0 Å². The Labute approximate surface area is 160 Å². The van der Waals surface area contributed by atoms with Crippen LogP contribution in [0.5, 0.6) is 0 Å². The minimum atomic E-state index is -0.135. The van der Waals surface area contributed by atoms with E-state index in [2.05, 4.69) is 25.4 Å². The number of aromatic nitrogens is 5. The van der Waals surface area contributed by atoms with Gasteiger partial charge in [-0.1, -0.05) is 11.6 Å². The van der Waals surface area contributed by atoms with Crippen LogP contribution >= 0.6 is 11.6 Å². The van der Waals surface area contributed by atoms with Crippen LogP contribution in [-0.2, 0) is 0 Å². The predicted molar refractivity (Wildman–Crippen MR) is 100 cm³/mol. The molecule has 1 aliphatic carbocycles. The number of hydrogen-bond acceptors (Lipinski definition) is 6. The number of nitrogens with zero attached hydrogens (tertiary/aromatic N) is 6. The second-order valence-electron chi connectivity index (χ2n) is 7.07. The van der Waals surface area contributed by atoms with Gasteiger partial charge in [-0.2, -0.15) is 4.52 Å². The Kier molecular flexibility index (Phi) is 3.93. The van der Waals surface area contributed by atoms with E-state index in [1.54, 1.807) is 12.1 Å². The molecule has 1 atom stereocenters. The maximum absolute atomic E-state index is 12.4. The lowest BCUT2D eigenvalue weighted by Gasteiger charge is -2.18. The molecule has 0 bridgehead atoms. The Hall–Kier alpha value is -2.74. The lowest BCUT2D eigenvalue weighted by Crippen LogP contribution is -2.37. The van der Waals surface area contributed by atoms with Crippen LogP contribution in [0.4, 0.5) is 5.82 Å². The van der Waals surface area contributed by atoms with Crippen molar-refractivity contribution in [3.8, 4) is 0 Å². The van der Waals surface area contributed by atoms with Crippen LogP contribution in [0.3, 0.4) is 0 Å². The highest BCUT2D eigenvalue weighted by Gasteiger charge is 2.30. The van der Waals surface area contributed by atoms with E-state index >= 15 is 0 Å². The average molecular weight is 384 g/mol. The normalized spacial score (nSPS) is 19.6. The molecule has 2 fully saturated rings. The van der Waals surface area contributed by atoms with Crippen molar-refractivity contribution < 1.29 is 4.79 Å². The minimum Gasteiger partial charge on any atom is -0.353 e. The Balaban J connectivity index is 1.29. The summed E-state index contributed by atoms with van der Waals surface area (Å²) in [5.41, 5.74) is 1.29. The summed E-state index contributed by atoms with van der Waals surface area (Å²) < 4.78 is 1.86. The molecule has 1 saturated carbocycles. The first-order valence-corrected chi connectivity index (χ1v) is 9.45. The lowest BCUT2D eigenvalue weighted by atomic mass is 10.2. The molecule has 1 aliphatic heterocycles. The molecule has 4 heterocycles. The zero-order chi connectivity index (χ0) is 18.4. The van der Waals surface area contributed by atoms with Gasteiger partial charge in [0.15, 0.2) is 11.5 Å².